The molecule has 0 aliphatic heterocycles. The van der Waals surface area contributed by atoms with Crippen molar-refractivity contribution in [2.24, 2.45) is 11.8 Å². The van der Waals surface area contributed by atoms with E-state index in [9.17, 15) is 155 Å². The van der Waals surface area contributed by atoms with Gasteiger partial charge in [-0.25, -0.2) is 14.4 Å². The summed E-state index contributed by atoms with van der Waals surface area (Å²) in [4.78, 5) is 35.1. The Morgan fingerprint density at radius 2 is 0.500 bits per heavy atom. The monoisotopic (exact) mass is 1570 g/mol. The van der Waals surface area contributed by atoms with Crippen LogP contribution in [0, 0.1) is 11.8 Å². The fraction of sp³-hybridized carbons (Fsp3) is 0.949. The third kappa shape index (κ3) is 23.7. The molecule has 0 aromatic carbocycles. The zero-order valence-electron chi connectivity index (χ0n) is 55.2. The van der Waals surface area contributed by atoms with Gasteiger partial charge in [0.15, 0.2) is 0 Å². The van der Waals surface area contributed by atoms with Crippen LogP contribution in [0.2, 0.25) is 0 Å². The van der Waals surface area contributed by atoms with Crippen molar-refractivity contribution in [2.75, 3.05) is 72.7 Å². The maximum Gasteiger partial charge on any atom is 0.385 e. The standard InChI is InChI=1S/C59H82F32O11/c1-5-9-13-17-21-38(22-18-14-10-6-2)25-27-96-34-44(60,61)48(68,69)52(76,77)56(84,85)58(88,89)54(80,81)50(72,73)46(64,65)36-98-32-42(94)101-29-40(100-31-41(92)93)30-102-43(95)33-99-37-47(66,67)51(74,75)55(82,83)59(90,91)57(86,87)53(78,79)49(70,71)45(62,63)35-97-28-26-39(23-19-15-11-7-3)24-20-16-12-8-4/h38-40H,5-37H2,1-4H3,(H,92,93). The van der Waals surface area contributed by atoms with Crippen LogP contribution in [0.3, 0.4) is 0 Å². The second kappa shape index (κ2) is 39.7. The molecule has 0 amide bonds. The summed E-state index contributed by atoms with van der Waals surface area (Å²) in [5.41, 5.74) is 0. The van der Waals surface area contributed by atoms with Gasteiger partial charge >= 0.3 is 113 Å². The Bertz CT molecular complexity index is 2280. The van der Waals surface area contributed by atoms with Gasteiger partial charge in [0.2, 0.25) is 0 Å². The van der Waals surface area contributed by atoms with E-state index >= 15 is 0 Å². The number of rotatable bonds is 59. The van der Waals surface area contributed by atoms with Crippen LogP contribution in [0.5, 0.6) is 0 Å². The first-order valence-electron chi connectivity index (χ1n) is 31.8. The molecule has 11 nitrogen and oxygen atoms in total. The summed E-state index contributed by atoms with van der Waals surface area (Å²) >= 11 is 0. The predicted molar refractivity (Wildman–Crippen MR) is 293 cm³/mol. The highest BCUT2D eigenvalue weighted by Gasteiger charge is 2.96. The number of carboxylic acid groups (broad SMARTS) is 1. The summed E-state index contributed by atoms with van der Waals surface area (Å²) < 4.78 is 495. The summed E-state index contributed by atoms with van der Waals surface area (Å²) in [6, 6.07) is 0. The number of unbranched alkanes of at least 4 members (excludes halogenated alkanes) is 12. The minimum atomic E-state index is -8.88. The zero-order chi connectivity index (χ0) is 79.7. The Balaban J connectivity index is 6.09. The Kier molecular flexibility index (Phi) is 38.1. The molecule has 102 heavy (non-hydrogen) atoms. The lowest BCUT2D eigenvalue weighted by Gasteiger charge is -2.43. The number of hydrogen-bond donors (Lipinski definition) is 1. The number of esters is 2. The lowest BCUT2D eigenvalue weighted by Crippen LogP contribution is -2.75. The minimum Gasteiger partial charge on any atom is -0.480 e. The van der Waals surface area contributed by atoms with Gasteiger partial charge in [0.25, 0.3) is 0 Å². The third-order valence-electron chi connectivity index (χ3n) is 15.9. The molecule has 0 bridgehead atoms. The van der Waals surface area contributed by atoms with Crippen molar-refractivity contribution in [1.82, 2.24) is 0 Å². The van der Waals surface area contributed by atoms with Crippen molar-refractivity contribution in [2.45, 2.75) is 270 Å². The van der Waals surface area contributed by atoms with E-state index in [0.717, 1.165) is 51.4 Å². The largest absolute Gasteiger partial charge is 0.480 e. The molecule has 0 saturated carbocycles. The molecule has 0 atom stereocenters. The smallest absolute Gasteiger partial charge is 0.385 e. The van der Waals surface area contributed by atoms with E-state index in [2.05, 4.69) is 33.2 Å². The maximum absolute atomic E-state index is 14.6. The third-order valence-corrected chi connectivity index (χ3v) is 15.9. The number of hydrogen-bond acceptors (Lipinski definition) is 10. The molecule has 0 radical (unpaired) electrons. The fourth-order valence-electron chi connectivity index (χ4n) is 9.38. The van der Waals surface area contributed by atoms with Gasteiger partial charge in [-0.1, -0.05) is 156 Å². The van der Waals surface area contributed by atoms with Crippen molar-refractivity contribution in [3.63, 3.8) is 0 Å². The molecule has 0 aromatic heterocycles. The highest BCUT2D eigenvalue weighted by atomic mass is 19.4. The highest BCUT2D eigenvalue weighted by molar-refractivity contribution is 5.71. The first-order chi connectivity index (χ1) is 46.3. The van der Waals surface area contributed by atoms with E-state index in [-0.39, 0.29) is 24.7 Å². The second-order valence-electron chi connectivity index (χ2n) is 24.2. The van der Waals surface area contributed by atoms with Crippen LogP contribution in [0.1, 0.15) is 169 Å². The Labute approximate surface area is 564 Å². The molecule has 0 aromatic rings. The fourth-order valence-corrected chi connectivity index (χ4v) is 9.38. The quantitative estimate of drug-likeness (QED) is 0.0354. The van der Waals surface area contributed by atoms with E-state index in [1.54, 1.807) is 0 Å². The van der Waals surface area contributed by atoms with E-state index < -0.39 is 191 Å². The van der Waals surface area contributed by atoms with Crippen LogP contribution in [0.15, 0.2) is 0 Å². The normalized spacial score (nSPS) is 14.6. The molecule has 43 heteroatoms. The molecular formula is C59H82F32O11. The van der Waals surface area contributed by atoms with E-state index in [0.29, 0.717) is 77.0 Å². The van der Waals surface area contributed by atoms with Crippen LogP contribution in [0.4, 0.5) is 140 Å². The Morgan fingerprint density at radius 1 is 0.284 bits per heavy atom. The summed E-state index contributed by atoms with van der Waals surface area (Å²) in [6.07, 6.45) is 9.82. The number of carbonyl (C=O) groups excluding carboxylic acids is 2. The number of aliphatic carboxylic acids is 1. The number of ether oxygens (including phenoxy) is 7. The van der Waals surface area contributed by atoms with Crippen molar-refractivity contribution in [3.8, 4) is 0 Å². The molecule has 0 unspecified atom stereocenters. The number of carboxylic acids is 1. The van der Waals surface area contributed by atoms with Crippen molar-refractivity contribution < 1.29 is 193 Å². The summed E-state index contributed by atoms with van der Waals surface area (Å²) in [7, 11) is 0. The topological polar surface area (TPSA) is 136 Å². The predicted octanol–water partition coefficient (Wildman–Crippen LogP) is 19.7. The first-order valence-corrected chi connectivity index (χ1v) is 31.8. The molecule has 0 aliphatic rings. The molecule has 608 valence electrons. The second-order valence-corrected chi connectivity index (χ2v) is 24.2. The molecule has 0 heterocycles. The van der Waals surface area contributed by atoms with Crippen molar-refractivity contribution in [1.29, 1.82) is 0 Å². The first kappa shape index (κ1) is 98.0. The van der Waals surface area contributed by atoms with Gasteiger partial charge in [-0.15, -0.1) is 0 Å². The molecule has 0 spiro atoms. The van der Waals surface area contributed by atoms with Crippen LogP contribution in [-0.2, 0) is 47.5 Å². The Morgan fingerprint density at radius 3 is 0.716 bits per heavy atom. The van der Waals surface area contributed by atoms with Crippen LogP contribution < -0.4 is 0 Å². The highest BCUT2D eigenvalue weighted by Crippen LogP contribution is 2.66. The van der Waals surface area contributed by atoms with Crippen LogP contribution in [-0.4, -0.2) is 197 Å². The number of halogens is 32. The summed E-state index contributed by atoms with van der Waals surface area (Å²) in [6.45, 7) is -17.7. The number of alkyl halides is 32. The van der Waals surface area contributed by atoms with Gasteiger partial charge in [0.1, 0.15) is 65.6 Å². The molecule has 0 saturated heterocycles. The van der Waals surface area contributed by atoms with Gasteiger partial charge in [-0.2, -0.15) is 140 Å². The molecule has 1 N–H and O–H groups in total. The molecule has 0 fully saturated rings. The van der Waals surface area contributed by atoms with E-state index in [1.807, 2.05) is 27.7 Å². The van der Waals surface area contributed by atoms with E-state index in [1.165, 1.54) is 0 Å². The van der Waals surface area contributed by atoms with Gasteiger partial charge in [-0.3, -0.25) is 0 Å². The van der Waals surface area contributed by atoms with E-state index in [4.69, 9.17) is 5.11 Å². The SMILES string of the molecule is CCCCCCC(CCCCCC)CCOCC(F)(F)C(F)(F)C(F)(F)C(F)(F)C(F)(F)C(F)(F)C(F)(F)C(F)(F)COCC(=O)OCC(COC(=O)COCC(F)(F)C(F)(F)C(F)(F)C(F)(F)C(F)(F)C(F)(F)C(F)(F)C(F)(F)COCCC(CCCCCC)CCCCCC)OCC(=O)O. The van der Waals surface area contributed by atoms with Gasteiger partial charge < -0.3 is 38.3 Å². The van der Waals surface area contributed by atoms with Gasteiger partial charge in [-0.05, 0) is 24.7 Å². The van der Waals surface area contributed by atoms with Crippen LogP contribution in [0.25, 0.3) is 0 Å². The molecule has 0 rings (SSSR count). The average molecular weight is 1580 g/mol. The lowest BCUT2D eigenvalue weighted by molar-refractivity contribution is -0.455. The molecule has 0 aliphatic carbocycles. The van der Waals surface area contributed by atoms with Crippen LogP contribution >= 0.6 is 0 Å². The Hall–Kier alpha value is -4.03. The summed E-state index contributed by atoms with van der Waals surface area (Å²) in [5.74, 6) is -138. The minimum absolute atomic E-state index is 0.248. The maximum atomic E-state index is 14.6. The van der Waals surface area contributed by atoms with Crippen molar-refractivity contribution in [3.05, 3.63) is 0 Å². The average Bonchev–Trinajstić information content (AvgIpc) is 0.702. The zero-order valence-corrected chi connectivity index (χ0v) is 55.2. The lowest BCUT2D eigenvalue weighted by atomic mass is 9.87. The summed E-state index contributed by atoms with van der Waals surface area (Å²) in [5, 5.41) is 8.83. The number of carbonyl (C=O) groups is 3. The van der Waals surface area contributed by atoms with Crippen molar-refractivity contribution >= 4 is 17.9 Å². The molecular weight excluding hydrogens is 1490 g/mol. The van der Waals surface area contributed by atoms with Gasteiger partial charge in [0, 0.05) is 13.2 Å². The van der Waals surface area contributed by atoms with Gasteiger partial charge in [0.05, 0.1) is 0 Å².